The van der Waals surface area contributed by atoms with Gasteiger partial charge in [0, 0.05) is 25.7 Å². The number of rotatable bonds is 79. The van der Waals surface area contributed by atoms with Gasteiger partial charge in [-0.15, -0.1) is 0 Å². The van der Waals surface area contributed by atoms with Crippen molar-refractivity contribution in [3.63, 3.8) is 0 Å². The Balaban J connectivity index is 5.23. The predicted molar refractivity (Wildman–Crippen MR) is 409 cm³/mol. The summed E-state index contributed by atoms with van der Waals surface area (Å²) in [5.74, 6) is 0.233. The number of aliphatic hydroxyl groups excluding tert-OH is 1. The number of ether oxygens (including phenoxy) is 4. The molecule has 0 fully saturated rings. The largest absolute Gasteiger partial charge is 0.472 e. The Kier molecular flexibility index (Phi) is 69.9. The lowest BCUT2D eigenvalue weighted by Gasteiger charge is -2.21. The maximum Gasteiger partial charge on any atom is 0.472 e. The van der Waals surface area contributed by atoms with Gasteiger partial charge < -0.3 is 33.8 Å². The van der Waals surface area contributed by atoms with Crippen molar-refractivity contribution in [2.45, 2.75) is 439 Å². The molecule has 0 radical (unpaired) electrons. The Hall–Kier alpha value is -1.94. The highest BCUT2D eigenvalue weighted by atomic mass is 31.2. The summed E-state index contributed by atoms with van der Waals surface area (Å²) in [7, 11) is -9.92. The van der Waals surface area contributed by atoms with Gasteiger partial charge in [0.1, 0.15) is 19.3 Å². The molecule has 17 nitrogen and oxygen atoms in total. The minimum absolute atomic E-state index is 0.106. The van der Waals surface area contributed by atoms with E-state index in [2.05, 4.69) is 48.5 Å². The fraction of sp³-hybridized carbons (Fsp3) is 0.951. The van der Waals surface area contributed by atoms with Crippen molar-refractivity contribution in [2.75, 3.05) is 39.6 Å². The molecule has 0 aliphatic rings. The molecule has 2 unspecified atom stereocenters. The van der Waals surface area contributed by atoms with E-state index in [1.54, 1.807) is 0 Å². The number of phosphoric ester groups is 2. The lowest BCUT2D eigenvalue weighted by Crippen LogP contribution is -2.30. The minimum Gasteiger partial charge on any atom is -0.462 e. The van der Waals surface area contributed by atoms with Crippen molar-refractivity contribution in [3.05, 3.63) is 0 Å². The Morgan fingerprint density at radius 1 is 0.270 bits per heavy atom. The zero-order valence-corrected chi connectivity index (χ0v) is 67.5. The van der Waals surface area contributed by atoms with Crippen LogP contribution in [0.5, 0.6) is 0 Å². The summed E-state index contributed by atoms with van der Waals surface area (Å²) in [4.78, 5) is 73.0. The number of carbonyl (C=O) groups is 4. The Morgan fingerprint density at radius 3 is 0.680 bits per heavy atom. The third kappa shape index (κ3) is 74.3. The van der Waals surface area contributed by atoms with Crippen LogP contribution in [-0.4, -0.2) is 96.7 Å². The van der Waals surface area contributed by atoms with Crippen LogP contribution in [0.4, 0.5) is 0 Å². The summed E-state index contributed by atoms with van der Waals surface area (Å²) < 4.78 is 68.7. The van der Waals surface area contributed by atoms with Gasteiger partial charge in [0.05, 0.1) is 26.4 Å². The number of aliphatic hydroxyl groups is 1. The number of hydrogen-bond donors (Lipinski definition) is 3. The van der Waals surface area contributed by atoms with Crippen LogP contribution < -0.4 is 0 Å². The monoisotopic (exact) mass is 1470 g/mol. The van der Waals surface area contributed by atoms with E-state index in [1.807, 2.05) is 0 Å². The molecule has 0 amide bonds. The molecule has 0 rings (SSSR count). The zero-order valence-electron chi connectivity index (χ0n) is 65.7. The smallest absolute Gasteiger partial charge is 0.462 e. The molecule has 0 spiro atoms. The first kappa shape index (κ1) is 98.1. The minimum atomic E-state index is -4.96. The first-order valence-electron chi connectivity index (χ1n) is 41.8. The molecule has 0 saturated heterocycles. The lowest BCUT2D eigenvalue weighted by molar-refractivity contribution is -0.161. The average molecular weight is 1470 g/mol. The lowest BCUT2D eigenvalue weighted by atomic mass is 10.0. The van der Waals surface area contributed by atoms with Gasteiger partial charge in [-0.2, -0.15) is 0 Å². The number of hydrogen-bond acceptors (Lipinski definition) is 15. The Bertz CT molecular complexity index is 1940. The molecule has 594 valence electrons. The van der Waals surface area contributed by atoms with Gasteiger partial charge in [0.2, 0.25) is 0 Å². The molecule has 0 saturated carbocycles. The Morgan fingerprint density at radius 2 is 0.460 bits per heavy atom. The Labute approximate surface area is 613 Å². The van der Waals surface area contributed by atoms with Crippen molar-refractivity contribution in [2.24, 2.45) is 17.8 Å². The SMILES string of the molecule is CCCCCCCCCCCCCCC(=O)OC[C@H](COP(=O)(O)OC[C@H](O)COP(=O)(O)OC[C@@H](COC(=O)CCCCCCCCCCCCCC(C)C)OC(=O)CCCCCCCCCCCCCCCCCCCCC(C)C)OC(=O)CCCCCCCCCCCCC(C)C. The van der Waals surface area contributed by atoms with Crippen LogP contribution >= 0.6 is 15.6 Å². The van der Waals surface area contributed by atoms with E-state index in [0.29, 0.717) is 25.7 Å². The van der Waals surface area contributed by atoms with Crippen molar-refractivity contribution >= 4 is 39.5 Å². The van der Waals surface area contributed by atoms with E-state index in [0.717, 1.165) is 108 Å². The van der Waals surface area contributed by atoms with Crippen molar-refractivity contribution < 1.29 is 80.2 Å². The fourth-order valence-corrected chi connectivity index (χ4v) is 14.1. The van der Waals surface area contributed by atoms with Gasteiger partial charge in [-0.05, 0) is 43.4 Å². The van der Waals surface area contributed by atoms with Crippen LogP contribution in [0.25, 0.3) is 0 Å². The van der Waals surface area contributed by atoms with Crippen LogP contribution in [0.3, 0.4) is 0 Å². The first-order chi connectivity index (χ1) is 48.2. The van der Waals surface area contributed by atoms with Crippen LogP contribution in [0, 0.1) is 17.8 Å². The predicted octanol–water partition coefficient (Wildman–Crippen LogP) is 24.1. The summed E-state index contributed by atoms with van der Waals surface area (Å²) >= 11 is 0. The maximum atomic E-state index is 13.1. The quantitative estimate of drug-likeness (QED) is 0.0222. The van der Waals surface area contributed by atoms with Gasteiger partial charge in [0.25, 0.3) is 0 Å². The second kappa shape index (κ2) is 71.3. The van der Waals surface area contributed by atoms with Gasteiger partial charge in [0.15, 0.2) is 12.2 Å². The highest BCUT2D eigenvalue weighted by molar-refractivity contribution is 7.47. The fourth-order valence-electron chi connectivity index (χ4n) is 12.5. The van der Waals surface area contributed by atoms with E-state index in [-0.39, 0.29) is 25.7 Å². The zero-order chi connectivity index (χ0) is 73.7. The molecule has 0 heterocycles. The number of carbonyl (C=O) groups excluding carboxylic acids is 4. The van der Waals surface area contributed by atoms with Crippen LogP contribution in [0.1, 0.15) is 421 Å². The molecular formula is C81H158O17P2. The number of esters is 4. The molecule has 0 aromatic heterocycles. The van der Waals surface area contributed by atoms with Gasteiger partial charge >= 0.3 is 39.5 Å². The molecule has 5 atom stereocenters. The molecule has 0 aliphatic heterocycles. The molecular weight excluding hydrogens is 1310 g/mol. The van der Waals surface area contributed by atoms with E-state index in [1.165, 1.54) is 231 Å². The number of phosphoric acid groups is 2. The summed E-state index contributed by atoms with van der Waals surface area (Å²) in [5.41, 5.74) is 0. The summed E-state index contributed by atoms with van der Waals surface area (Å²) in [6.07, 6.45) is 59.6. The highest BCUT2D eigenvalue weighted by Crippen LogP contribution is 2.45. The standard InChI is InChI=1S/C81H158O17P2/c1-8-9-10-11-12-13-14-26-34-41-48-55-62-78(83)91-69-77(98-81(86)65-58-51-44-37-30-29-33-40-47-54-61-74(6)7)71-96-100(89,90)94-67-75(82)66-93-99(87,88)95-70-76(68-92-79(84)63-56-49-42-35-28-23-25-32-39-46-53-60-73(4)5)97-80(85)64-57-50-43-36-27-22-20-18-16-15-17-19-21-24-31-38-45-52-59-72(2)3/h72-77,82H,8-71H2,1-7H3,(H,87,88)(H,89,90)/t75-,76-,77-/m1/s1. The third-order valence-electron chi connectivity index (χ3n) is 18.9. The topological polar surface area (TPSA) is 237 Å². The van der Waals surface area contributed by atoms with Crippen LogP contribution in [0.15, 0.2) is 0 Å². The second-order valence-electron chi connectivity index (χ2n) is 30.6. The maximum absolute atomic E-state index is 13.1. The summed E-state index contributed by atoms with van der Waals surface area (Å²) in [6, 6.07) is 0. The van der Waals surface area contributed by atoms with Crippen molar-refractivity contribution in [1.29, 1.82) is 0 Å². The van der Waals surface area contributed by atoms with Crippen molar-refractivity contribution in [3.8, 4) is 0 Å². The van der Waals surface area contributed by atoms with E-state index in [9.17, 15) is 43.2 Å². The molecule has 0 bridgehead atoms. The second-order valence-corrected chi connectivity index (χ2v) is 33.5. The van der Waals surface area contributed by atoms with Crippen molar-refractivity contribution in [1.82, 2.24) is 0 Å². The molecule has 0 aromatic rings. The van der Waals surface area contributed by atoms with Crippen LogP contribution in [0.2, 0.25) is 0 Å². The molecule has 100 heavy (non-hydrogen) atoms. The van der Waals surface area contributed by atoms with E-state index < -0.39 is 97.5 Å². The van der Waals surface area contributed by atoms with Gasteiger partial charge in [-0.1, -0.05) is 370 Å². The normalized spacial score (nSPS) is 14.0. The molecule has 19 heteroatoms. The average Bonchev–Trinajstić information content (AvgIpc) is 0.933. The first-order valence-corrected chi connectivity index (χ1v) is 44.8. The van der Waals surface area contributed by atoms with Gasteiger partial charge in [-0.3, -0.25) is 37.3 Å². The molecule has 0 aliphatic carbocycles. The molecule has 3 N–H and O–H groups in total. The van der Waals surface area contributed by atoms with Gasteiger partial charge in [-0.25, -0.2) is 9.13 Å². The molecule has 0 aromatic carbocycles. The van der Waals surface area contributed by atoms with Crippen LogP contribution in [-0.2, 0) is 65.4 Å². The van der Waals surface area contributed by atoms with E-state index >= 15 is 0 Å². The number of unbranched alkanes of at least 4 members (excludes halogenated alkanes) is 47. The summed E-state index contributed by atoms with van der Waals surface area (Å²) in [6.45, 7) is 12.0. The third-order valence-corrected chi connectivity index (χ3v) is 20.8. The highest BCUT2D eigenvalue weighted by Gasteiger charge is 2.30. The summed E-state index contributed by atoms with van der Waals surface area (Å²) in [5, 5.41) is 10.6. The van der Waals surface area contributed by atoms with E-state index in [4.69, 9.17) is 37.0 Å².